The van der Waals surface area contributed by atoms with Gasteiger partial charge >= 0.3 is 0 Å². The number of hydrogen-bond acceptors (Lipinski definition) is 5. The van der Waals surface area contributed by atoms with Gasteiger partial charge in [-0.15, -0.1) is 0 Å². The molecule has 5 nitrogen and oxygen atoms in total. The minimum atomic E-state index is -0.618. The van der Waals surface area contributed by atoms with Gasteiger partial charge < -0.3 is 24.1 Å². The molecule has 20 heavy (non-hydrogen) atoms. The lowest BCUT2D eigenvalue weighted by molar-refractivity contribution is -0.100. The highest BCUT2D eigenvalue weighted by Crippen LogP contribution is 2.26. The summed E-state index contributed by atoms with van der Waals surface area (Å²) in [5.74, 6) is 0.335. The van der Waals surface area contributed by atoms with Crippen LogP contribution in [0.15, 0.2) is 12.8 Å². The van der Waals surface area contributed by atoms with Crippen LogP contribution < -0.4 is 0 Å². The van der Waals surface area contributed by atoms with Gasteiger partial charge in [0.15, 0.2) is 6.29 Å². The number of aliphatic hydroxyl groups excluding tert-OH is 1. The average Bonchev–Trinajstić information content (AvgIpc) is 3.36. The van der Waals surface area contributed by atoms with E-state index < -0.39 is 6.29 Å². The van der Waals surface area contributed by atoms with Crippen molar-refractivity contribution < 1.29 is 24.1 Å². The molecule has 3 rings (SSSR count). The van der Waals surface area contributed by atoms with E-state index in [1.165, 1.54) is 25.5 Å². The van der Waals surface area contributed by atoms with Crippen molar-refractivity contribution in [3.63, 3.8) is 0 Å². The third-order valence-corrected chi connectivity index (χ3v) is 3.70. The molecular formula is C15H26O5. The fourth-order valence-electron chi connectivity index (χ4n) is 2.29. The number of hydrogen-bond donors (Lipinski definition) is 1. The molecule has 3 unspecified atom stereocenters. The molecule has 0 aromatic rings. The Hall–Kier alpha value is -0.620. The minimum absolute atomic E-state index is 0.335. The van der Waals surface area contributed by atoms with Crippen LogP contribution in [0.2, 0.25) is 0 Å². The standard InChI is InChI=1S/C9H16O2.C6H10O3/c1-2-11-9(10)8-6-4-3-5-7-8;1(5-3-8-5)7-2-6-4-9-6/h2,8-10H,1,3-7H2;5-6H,1-4H2. The molecule has 2 aliphatic heterocycles. The van der Waals surface area contributed by atoms with Gasteiger partial charge in [-0.2, -0.15) is 0 Å². The van der Waals surface area contributed by atoms with E-state index in [9.17, 15) is 5.11 Å². The van der Waals surface area contributed by atoms with Crippen molar-refractivity contribution in [1.29, 1.82) is 0 Å². The Kier molecular flexibility index (Phi) is 6.79. The quantitative estimate of drug-likeness (QED) is 0.439. The largest absolute Gasteiger partial charge is 0.473 e. The maximum atomic E-state index is 9.38. The van der Waals surface area contributed by atoms with Crippen molar-refractivity contribution in [2.24, 2.45) is 5.92 Å². The molecule has 5 heteroatoms. The SMILES string of the molecule is C(OCC1CO1)C1CO1.C=COC(O)C1CCCCC1. The van der Waals surface area contributed by atoms with Crippen LogP contribution >= 0.6 is 0 Å². The molecule has 1 N–H and O–H groups in total. The zero-order chi connectivity index (χ0) is 14.2. The molecule has 0 radical (unpaired) electrons. The van der Waals surface area contributed by atoms with Crippen molar-refractivity contribution in [2.45, 2.75) is 50.6 Å². The molecule has 3 atom stereocenters. The van der Waals surface area contributed by atoms with Gasteiger partial charge in [0.2, 0.25) is 0 Å². The highest BCUT2D eigenvalue weighted by Gasteiger charge is 2.26. The van der Waals surface area contributed by atoms with Crippen LogP contribution in [0.1, 0.15) is 32.1 Å². The second-order valence-electron chi connectivity index (χ2n) is 5.54. The topological polar surface area (TPSA) is 63.8 Å². The summed E-state index contributed by atoms with van der Waals surface area (Å²) in [5, 5.41) is 9.38. The molecule has 0 spiro atoms. The second kappa shape index (κ2) is 8.62. The summed E-state index contributed by atoms with van der Waals surface area (Å²) in [4.78, 5) is 0. The van der Waals surface area contributed by atoms with Crippen molar-refractivity contribution >= 4 is 0 Å². The molecule has 1 aliphatic carbocycles. The minimum Gasteiger partial charge on any atom is -0.473 e. The van der Waals surface area contributed by atoms with E-state index in [1.54, 1.807) is 0 Å². The molecule has 0 amide bonds. The molecule has 2 saturated heterocycles. The van der Waals surface area contributed by atoms with Crippen molar-refractivity contribution in [2.75, 3.05) is 26.4 Å². The van der Waals surface area contributed by atoms with Gasteiger partial charge in [0, 0.05) is 5.92 Å². The Morgan fingerprint density at radius 2 is 1.65 bits per heavy atom. The molecule has 116 valence electrons. The highest BCUT2D eigenvalue weighted by molar-refractivity contribution is 4.71. The van der Waals surface area contributed by atoms with Crippen LogP contribution in [0.3, 0.4) is 0 Å². The third kappa shape index (κ3) is 6.70. The van der Waals surface area contributed by atoms with Crippen LogP contribution in [0, 0.1) is 5.92 Å². The van der Waals surface area contributed by atoms with Crippen LogP contribution in [0.5, 0.6) is 0 Å². The first-order valence-electron chi connectivity index (χ1n) is 7.55. The predicted molar refractivity (Wildman–Crippen MR) is 74.2 cm³/mol. The molecule has 0 bridgehead atoms. The Balaban J connectivity index is 0.000000149. The summed E-state index contributed by atoms with van der Waals surface area (Å²) in [5.41, 5.74) is 0. The Labute approximate surface area is 120 Å². The fourth-order valence-corrected chi connectivity index (χ4v) is 2.29. The smallest absolute Gasteiger partial charge is 0.199 e. The first-order chi connectivity index (χ1) is 9.79. The molecule has 1 saturated carbocycles. The van der Waals surface area contributed by atoms with Gasteiger partial charge in [0.1, 0.15) is 12.2 Å². The van der Waals surface area contributed by atoms with E-state index in [1.807, 2.05) is 0 Å². The van der Waals surface area contributed by atoms with Crippen LogP contribution in [0.4, 0.5) is 0 Å². The highest BCUT2D eigenvalue weighted by atomic mass is 16.6. The van der Waals surface area contributed by atoms with Gasteiger partial charge in [0.25, 0.3) is 0 Å². The van der Waals surface area contributed by atoms with Gasteiger partial charge in [-0.25, -0.2) is 0 Å². The van der Waals surface area contributed by atoms with E-state index in [0.717, 1.165) is 39.3 Å². The molecule has 2 heterocycles. The first kappa shape index (κ1) is 15.8. The molecule has 0 aromatic carbocycles. The monoisotopic (exact) mass is 286 g/mol. The van der Waals surface area contributed by atoms with Crippen LogP contribution in [-0.2, 0) is 18.9 Å². The number of rotatable bonds is 7. The molecule has 3 fully saturated rings. The van der Waals surface area contributed by atoms with Crippen LogP contribution in [0.25, 0.3) is 0 Å². The summed E-state index contributed by atoms with van der Waals surface area (Å²) in [6, 6.07) is 0. The number of epoxide rings is 2. The predicted octanol–water partition coefficient (Wildman–Crippen LogP) is 1.85. The maximum absolute atomic E-state index is 9.38. The van der Waals surface area contributed by atoms with Gasteiger partial charge in [0.05, 0.1) is 32.7 Å². The summed E-state index contributed by atoms with van der Waals surface area (Å²) in [6.45, 7) is 6.67. The van der Waals surface area contributed by atoms with E-state index >= 15 is 0 Å². The van der Waals surface area contributed by atoms with Crippen molar-refractivity contribution in [3.05, 3.63) is 12.8 Å². The summed E-state index contributed by atoms with van der Waals surface area (Å²) < 4.78 is 20.0. The number of aliphatic hydroxyl groups is 1. The summed E-state index contributed by atoms with van der Waals surface area (Å²) >= 11 is 0. The van der Waals surface area contributed by atoms with Crippen molar-refractivity contribution in [3.8, 4) is 0 Å². The normalized spacial score (nSPS) is 29.9. The third-order valence-electron chi connectivity index (χ3n) is 3.70. The van der Waals surface area contributed by atoms with Gasteiger partial charge in [-0.3, -0.25) is 0 Å². The molecule has 3 aliphatic rings. The van der Waals surface area contributed by atoms with E-state index in [0.29, 0.717) is 18.1 Å². The zero-order valence-corrected chi connectivity index (χ0v) is 12.0. The van der Waals surface area contributed by atoms with Gasteiger partial charge in [-0.05, 0) is 12.8 Å². The number of ether oxygens (including phenoxy) is 4. The lowest BCUT2D eigenvalue weighted by Crippen LogP contribution is -2.23. The van der Waals surface area contributed by atoms with Crippen LogP contribution in [-0.4, -0.2) is 50.0 Å². The second-order valence-corrected chi connectivity index (χ2v) is 5.54. The van der Waals surface area contributed by atoms with E-state index in [-0.39, 0.29) is 0 Å². The molecular weight excluding hydrogens is 260 g/mol. The summed E-state index contributed by atoms with van der Waals surface area (Å²) in [6.07, 6.45) is 7.42. The fraction of sp³-hybridized carbons (Fsp3) is 0.867. The average molecular weight is 286 g/mol. The lowest BCUT2D eigenvalue weighted by atomic mass is 9.89. The maximum Gasteiger partial charge on any atom is 0.199 e. The Bertz CT molecular complexity index is 257. The zero-order valence-electron chi connectivity index (χ0n) is 12.0. The Morgan fingerprint density at radius 1 is 1.10 bits per heavy atom. The molecule has 0 aromatic heterocycles. The van der Waals surface area contributed by atoms with Gasteiger partial charge in [-0.1, -0.05) is 25.8 Å². The lowest BCUT2D eigenvalue weighted by Gasteiger charge is -2.25. The Morgan fingerprint density at radius 3 is 2.10 bits per heavy atom. The van der Waals surface area contributed by atoms with Crippen molar-refractivity contribution in [1.82, 2.24) is 0 Å². The van der Waals surface area contributed by atoms with E-state index in [2.05, 4.69) is 6.58 Å². The first-order valence-corrected chi connectivity index (χ1v) is 7.55. The summed E-state index contributed by atoms with van der Waals surface area (Å²) in [7, 11) is 0. The van der Waals surface area contributed by atoms with E-state index in [4.69, 9.17) is 18.9 Å².